The number of aliphatic hydroxyl groups excluding tert-OH is 1. The third-order valence-corrected chi connectivity index (χ3v) is 2.38. The smallest absolute Gasteiger partial charge is 0.407 e. The highest BCUT2D eigenvalue weighted by Gasteiger charge is 2.34. The first-order chi connectivity index (χ1) is 7.15. The SMILES string of the molecule is COCCOC[C@@H]1C[C@@H](O)CN1C(=O)O. The molecule has 0 aromatic carbocycles. The number of amides is 1. The number of β-amino-alcohol motifs (C(OH)–C–C–N with tert-alkyl or cyclic N) is 1. The van der Waals surface area contributed by atoms with Gasteiger partial charge in [-0.1, -0.05) is 0 Å². The van der Waals surface area contributed by atoms with Crippen molar-refractivity contribution in [3.8, 4) is 0 Å². The van der Waals surface area contributed by atoms with Crippen molar-refractivity contribution in [3.63, 3.8) is 0 Å². The molecule has 1 aliphatic heterocycles. The second-order valence-corrected chi connectivity index (χ2v) is 3.55. The first kappa shape index (κ1) is 12.2. The second kappa shape index (κ2) is 5.89. The number of aliphatic hydroxyl groups is 1. The Morgan fingerprint density at radius 3 is 2.87 bits per heavy atom. The molecule has 2 atom stereocenters. The van der Waals surface area contributed by atoms with Crippen LogP contribution >= 0.6 is 0 Å². The molecule has 15 heavy (non-hydrogen) atoms. The van der Waals surface area contributed by atoms with E-state index in [4.69, 9.17) is 14.6 Å². The van der Waals surface area contributed by atoms with Crippen LogP contribution in [0.2, 0.25) is 0 Å². The molecule has 1 rings (SSSR count). The van der Waals surface area contributed by atoms with Crippen LogP contribution in [0, 0.1) is 0 Å². The third-order valence-electron chi connectivity index (χ3n) is 2.38. The summed E-state index contributed by atoms with van der Waals surface area (Å²) in [4.78, 5) is 12.0. The fourth-order valence-corrected chi connectivity index (χ4v) is 1.65. The van der Waals surface area contributed by atoms with Crippen LogP contribution in [-0.2, 0) is 9.47 Å². The van der Waals surface area contributed by atoms with E-state index in [0.717, 1.165) is 0 Å². The summed E-state index contributed by atoms with van der Waals surface area (Å²) < 4.78 is 10.0. The molecule has 6 nitrogen and oxygen atoms in total. The van der Waals surface area contributed by atoms with Crippen molar-refractivity contribution in [2.45, 2.75) is 18.6 Å². The van der Waals surface area contributed by atoms with E-state index in [1.54, 1.807) is 7.11 Å². The molecule has 1 fully saturated rings. The maximum Gasteiger partial charge on any atom is 0.407 e. The van der Waals surface area contributed by atoms with Gasteiger partial charge in [-0.15, -0.1) is 0 Å². The molecular weight excluding hydrogens is 202 g/mol. The van der Waals surface area contributed by atoms with Gasteiger partial charge in [-0.25, -0.2) is 4.79 Å². The molecule has 1 saturated heterocycles. The predicted octanol–water partition coefficient (Wildman–Crippen LogP) is -0.237. The monoisotopic (exact) mass is 219 g/mol. The zero-order valence-corrected chi connectivity index (χ0v) is 8.76. The van der Waals surface area contributed by atoms with Gasteiger partial charge in [0.05, 0.1) is 38.5 Å². The van der Waals surface area contributed by atoms with Gasteiger partial charge >= 0.3 is 6.09 Å². The van der Waals surface area contributed by atoms with Crippen molar-refractivity contribution in [2.75, 3.05) is 33.5 Å². The van der Waals surface area contributed by atoms with Crippen molar-refractivity contribution in [2.24, 2.45) is 0 Å². The molecule has 0 saturated carbocycles. The number of hydrogen-bond donors (Lipinski definition) is 2. The highest BCUT2D eigenvalue weighted by Crippen LogP contribution is 2.18. The summed E-state index contributed by atoms with van der Waals surface area (Å²) in [7, 11) is 1.58. The highest BCUT2D eigenvalue weighted by molar-refractivity contribution is 5.66. The molecule has 0 radical (unpaired) electrons. The zero-order chi connectivity index (χ0) is 11.3. The van der Waals surface area contributed by atoms with Crippen molar-refractivity contribution in [3.05, 3.63) is 0 Å². The van der Waals surface area contributed by atoms with Crippen LogP contribution in [0.3, 0.4) is 0 Å². The number of ether oxygens (including phenoxy) is 2. The average Bonchev–Trinajstić information content (AvgIpc) is 2.55. The normalized spacial score (nSPS) is 25.9. The number of nitrogens with zero attached hydrogens (tertiary/aromatic N) is 1. The van der Waals surface area contributed by atoms with Gasteiger partial charge in [0, 0.05) is 7.11 Å². The Morgan fingerprint density at radius 2 is 2.27 bits per heavy atom. The van der Waals surface area contributed by atoms with Crippen LogP contribution in [0.4, 0.5) is 4.79 Å². The van der Waals surface area contributed by atoms with Gasteiger partial charge in [0.1, 0.15) is 0 Å². The first-order valence-corrected chi connectivity index (χ1v) is 4.89. The molecule has 88 valence electrons. The minimum atomic E-state index is -1.01. The van der Waals surface area contributed by atoms with Crippen LogP contribution in [0.5, 0.6) is 0 Å². The fourth-order valence-electron chi connectivity index (χ4n) is 1.65. The lowest BCUT2D eigenvalue weighted by molar-refractivity contribution is 0.0409. The molecule has 0 aliphatic carbocycles. The summed E-state index contributed by atoms with van der Waals surface area (Å²) in [6.07, 6.45) is -1.14. The number of carbonyl (C=O) groups is 1. The summed E-state index contributed by atoms with van der Waals surface area (Å²) in [6.45, 7) is 1.42. The second-order valence-electron chi connectivity index (χ2n) is 3.55. The van der Waals surface area contributed by atoms with Crippen molar-refractivity contribution in [1.82, 2.24) is 4.90 Å². The van der Waals surface area contributed by atoms with Crippen molar-refractivity contribution >= 4 is 6.09 Å². The largest absolute Gasteiger partial charge is 0.465 e. The Morgan fingerprint density at radius 1 is 1.53 bits per heavy atom. The molecule has 1 amide bonds. The van der Waals surface area contributed by atoms with Crippen LogP contribution in [0.15, 0.2) is 0 Å². The number of likely N-dealkylation sites (tertiary alicyclic amines) is 1. The maximum atomic E-state index is 10.8. The number of rotatable bonds is 5. The molecule has 0 bridgehead atoms. The Balaban J connectivity index is 2.29. The van der Waals surface area contributed by atoms with E-state index in [1.807, 2.05) is 0 Å². The van der Waals surface area contributed by atoms with Crippen LogP contribution < -0.4 is 0 Å². The van der Waals surface area contributed by atoms with Gasteiger partial charge < -0.3 is 24.6 Å². The molecule has 0 unspecified atom stereocenters. The Bertz CT molecular complexity index is 211. The van der Waals surface area contributed by atoms with Gasteiger partial charge in [0.25, 0.3) is 0 Å². The van der Waals surface area contributed by atoms with E-state index >= 15 is 0 Å². The molecule has 0 spiro atoms. The van der Waals surface area contributed by atoms with Crippen molar-refractivity contribution in [1.29, 1.82) is 0 Å². The summed E-state index contributed by atoms with van der Waals surface area (Å²) >= 11 is 0. The molecule has 1 aliphatic rings. The standard InChI is InChI=1S/C9H17NO5/c1-14-2-3-15-6-7-4-8(11)5-10(7)9(12)13/h7-8,11H,2-6H2,1H3,(H,12,13)/t7-,8+/m0/s1. The topological polar surface area (TPSA) is 79.2 Å². The molecule has 0 aromatic rings. The van der Waals surface area contributed by atoms with Crippen LogP contribution in [0.25, 0.3) is 0 Å². The summed E-state index contributed by atoms with van der Waals surface area (Å²) in [5, 5.41) is 18.2. The predicted molar refractivity (Wildman–Crippen MR) is 51.8 cm³/mol. The summed E-state index contributed by atoms with van der Waals surface area (Å²) in [5.74, 6) is 0. The van der Waals surface area contributed by atoms with E-state index in [0.29, 0.717) is 26.2 Å². The quantitative estimate of drug-likeness (QED) is 0.624. The molecular formula is C9H17NO5. The summed E-state index contributed by atoms with van der Waals surface area (Å²) in [6, 6.07) is -0.241. The number of methoxy groups -OCH3 is 1. The van der Waals surface area contributed by atoms with Gasteiger partial charge in [0.15, 0.2) is 0 Å². The van der Waals surface area contributed by atoms with Gasteiger partial charge in [0.2, 0.25) is 0 Å². The minimum absolute atomic E-state index is 0.174. The average molecular weight is 219 g/mol. The van der Waals surface area contributed by atoms with Crippen LogP contribution in [0.1, 0.15) is 6.42 Å². The fraction of sp³-hybridized carbons (Fsp3) is 0.889. The molecule has 6 heteroatoms. The highest BCUT2D eigenvalue weighted by atomic mass is 16.5. The Labute approximate surface area is 88.4 Å². The minimum Gasteiger partial charge on any atom is -0.465 e. The lowest BCUT2D eigenvalue weighted by Gasteiger charge is -2.20. The molecule has 1 heterocycles. The van der Waals surface area contributed by atoms with E-state index in [2.05, 4.69) is 0 Å². The van der Waals surface area contributed by atoms with E-state index in [1.165, 1.54) is 4.90 Å². The third kappa shape index (κ3) is 3.65. The first-order valence-electron chi connectivity index (χ1n) is 4.89. The Kier molecular flexibility index (Phi) is 4.80. The maximum absolute atomic E-state index is 10.8. The van der Waals surface area contributed by atoms with E-state index < -0.39 is 12.2 Å². The Hall–Kier alpha value is -0.850. The van der Waals surface area contributed by atoms with E-state index in [9.17, 15) is 9.90 Å². The number of hydrogen-bond acceptors (Lipinski definition) is 4. The summed E-state index contributed by atoms with van der Waals surface area (Å²) in [5.41, 5.74) is 0. The molecule has 2 N–H and O–H groups in total. The van der Waals surface area contributed by atoms with Crippen molar-refractivity contribution < 1.29 is 24.5 Å². The number of carboxylic acid groups (broad SMARTS) is 1. The lowest BCUT2D eigenvalue weighted by Crippen LogP contribution is -2.37. The van der Waals surface area contributed by atoms with E-state index in [-0.39, 0.29) is 12.6 Å². The van der Waals surface area contributed by atoms with Gasteiger partial charge in [-0.2, -0.15) is 0 Å². The van der Waals surface area contributed by atoms with Crippen LogP contribution in [-0.4, -0.2) is 66.8 Å². The van der Waals surface area contributed by atoms with Gasteiger partial charge in [-0.05, 0) is 6.42 Å². The zero-order valence-electron chi connectivity index (χ0n) is 8.76. The molecule has 0 aromatic heterocycles. The lowest BCUT2D eigenvalue weighted by atomic mass is 10.2. The van der Waals surface area contributed by atoms with Gasteiger partial charge in [-0.3, -0.25) is 0 Å².